The number of amides is 2. The fraction of sp³-hybridized carbons (Fsp3) is 0.278. The summed E-state index contributed by atoms with van der Waals surface area (Å²) in [4.78, 5) is 29.6. The van der Waals surface area contributed by atoms with Crippen LogP contribution >= 0.6 is 0 Å². The number of likely N-dealkylation sites (N-methyl/N-ethyl adjacent to an activating group) is 1. The van der Waals surface area contributed by atoms with Crippen molar-refractivity contribution in [2.45, 2.75) is 12.8 Å². The molecular weight excluding hydrogens is 328 g/mol. The summed E-state index contributed by atoms with van der Waals surface area (Å²) >= 11 is 0. The molecule has 5 nitrogen and oxygen atoms in total. The van der Waals surface area contributed by atoms with Gasteiger partial charge in [0, 0.05) is 50.9 Å². The molecule has 0 aliphatic carbocycles. The Balaban J connectivity index is 1.74. The first-order valence-electron chi connectivity index (χ1n) is 7.84. The smallest absolute Gasteiger partial charge is 0.254 e. The molecule has 2 aromatic rings. The highest BCUT2D eigenvalue weighted by atomic mass is 19.1. The molecular formula is C18H19F2N3O2. The Bertz CT molecular complexity index is 738. The van der Waals surface area contributed by atoms with Crippen LogP contribution in [0.1, 0.15) is 22.5 Å². The van der Waals surface area contributed by atoms with Crippen molar-refractivity contribution in [1.82, 2.24) is 15.2 Å². The van der Waals surface area contributed by atoms with Crippen LogP contribution in [0, 0.1) is 11.6 Å². The van der Waals surface area contributed by atoms with Crippen molar-refractivity contribution in [3.63, 3.8) is 0 Å². The fourth-order valence-corrected chi connectivity index (χ4v) is 2.20. The lowest BCUT2D eigenvalue weighted by molar-refractivity contribution is -0.129. The predicted octanol–water partition coefficient (Wildman–Crippen LogP) is 2.18. The van der Waals surface area contributed by atoms with Gasteiger partial charge in [0.25, 0.3) is 5.91 Å². The number of aromatic nitrogens is 1. The van der Waals surface area contributed by atoms with Crippen molar-refractivity contribution in [2.24, 2.45) is 0 Å². The van der Waals surface area contributed by atoms with E-state index in [1.165, 1.54) is 0 Å². The van der Waals surface area contributed by atoms with Crippen LogP contribution in [-0.4, -0.2) is 41.8 Å². The van der Waals surface area contributed by atoms with E-state index in [-0.39, 0.29) is 24.4 Å². The second kappa shape index (κ2) is 8.86. The van der Waals surface area contributed by atoms with Crippen molar-refractivity contribution >= 4 is 11.8 Å². The first-order chi connectivity index (χ1) is 12.0. The van der Waals surface area contributed by atoms with Crippen LogP contribution < -0.4 is 5.32 Å². The van der Waals surface area contributed by atoms with E-state index in [1.54, 1.807) is 18.1 Å². The number of pyridine rings is 1. The minimum atomic E-state index is -0.934. The number of carbonyl (C=O) groups is 2. The highest BCUT2D eigenvalue weighted by molar-refractivity contribution is 5.94. The van der Waals surface area contributed by atoms with E-state index in [9.17, 15) is 18.4 Å². The van der Waals surface area contributed by atoms with E-state index in [0.29, 0.717) is 19.0 Å². The van der Waals surface area contributed by atoms with E-state index >= 15 is 0 Å². The SMILES string of the molecule is CN(CCc1ccccn1)C(=O)CCNC(=O)c1ccc(F)cc1F. The average Bonchev–Trinajstić information content (AvgIpc) is 2.60. The normalized spacial score (nSPS) is 10.4. The molecule has 1 aromatic carbocycles. The summed E-state index contributed by atoms with van der Waals surface area (Å²) in [5.41, 5.74) is 0.639. The second-order valence-electron chi connectivity index (χ2n) is 5.52. The summed E-state index contributed by atoms with van der Waals surface area (Å²) in [6.45, 7) is 0.582. The van der Waals surface area contributed by atoms with Gasteiger partial charge < -0.3 is 10.2 Å². The van der Waals surface area contributed by atoms with Crippen LogP contribution in [0.2, 0.25) is 0 Å². The van der Waals surface area contributed by atoms with Crippen LogP contribution in [0.15, 0.2) is 42.6 Å². The zero-order chi connectivity index (χ0) is 18.2. The van der Waals surface area contributed by atoms with Crippen molar-refractivity contribution in [1.29, 1.82) is 0 Å². The monoisotopic (exact) mass is 347 g/mol. The number of halogens is 2. The molecule has 1 heterocycles. The minimum absolute atomic E-state index is 0.0718. The molecule has 25 heavy (non-hydrogen) atoms. The Morgan fingerprint density at radius 2 is 2.00 bits per heavy atom. The molecule has 0 saturated carbocycles. The summed E-state index contributed by atoms with van der Waals surface area (Å²) in [5, 5.41) is 2.46. The maximum atomic E-state index is 13.5. The first kappa shape index (κ1) is 18.5. The maximum absolute atomic E-state index is 13.5. The summed E-state index contributed by atoms with van der Waals surface area (Å²) < 4.78 is 26.3. The Morgan fingerprint density at radius 1 is 1.20 bits per heavy atom. The first-order valence-corrected chi connectivity index (χ1v) is 7.84. The molecule has 0 aliphatic rings. The topological polar surface area (TPSA) is 62.3 Å². The van der Waals surface area contributed by atoms with Crippen LogP contribution in [-0.2, 0) is 11.2 Å². The Labute approximate surface area is 144 Å². The van der Waals surface area contributed by atoms with Crippen molar-refractivity contribution in [3.05, 3.63) is 65.5 Å². The Kier molecular flexibility index (Phi) is 6.56. The van der Waals surface area contributed by atoms with E-state index in [4.69, 9.17) is 0 Å². The van der Waals surface area contributed by atoms with Gasteiger partial charge in [0.2, 0.25) is 5.91 Å². The summed E-state index contributed by atoms with van der Waals surface area (Å²) in [6.07, 6.45) is 2.42. The zero-order valence-corrected chi connectivity index (χ0v) is 13.8. The quantitative estimate of drug-likeness (QED) is 0.835. The van der Waals surface area contributed by atoms with E-state index in [0.717, 1.165) is 17.8 Å². The minimum Gasteiger partial charge on any atom is -0.351 e. The van der Waals surface area contributed by atoms with E-state index in [1.807, 2.05) is 18.2 Å². The number of hydrogen-bond donors (Lipinski definition) is 1. The maximum Gasteiger partial charge on any atom is 0.254 e. The molecule has 1 N–H and O–H groups in total. The molecule has 1 aromatic heterocycles. The van der Waals surface area contributed by atoms with Gasteiger partial charge in [-0.05, 0) is 24.3 Å². The molecule has 0 saturated heterocycles. The molecule has 132 valence electrons. The summed E-state index contributed by atoms with van der Waals surface area (Å²) in [6, 6.07) is 8.32. The molecule has 0 bridgehead atoms. The van der Waals surface area contributed by atoms with Crippen LogP contribution in [0.25, 0.3) is 0 Å². The Morgan fingerprint density at radius 3 is 2.68 bits per heavy atom. The van der Waals surface area contributed by atoms with Gasteiger partial charge in [-0.2, -0.15) is 0 Å². The van der Waals surface area contributed by atoms with E-state index < -0.39 is 17.5 Å². The summed E-state index contributed by atoms with van der Waals surface area (Å²) in [7, 11) is 1.67. The van der Waals surface area contributed by atoms with E-state index in [2.05, 4.69) is 10.3 Å². The lowest BCUT2D eigenvalue weighted by Crippen LogP contribution is -2.33. The second-order valence-corrected chi connectivity index (χ2v) is 5.52. The van der Waals surface area contributed by atoms with Gasteiger partial charge >= 0.3 is 0 Å². The lowest BCUT2D eigenvalue weighted by Gasteiger charge is -2.17. The number of carbonyl (C=O) groups excluding carboxylic acids is 2. The molecule has 0 spiro atoms. The van der Waals surface area contributed by atoms with Gasteiger partial charge in [-0.1, -0.05) is 6.07 Å². The van der Waals surface area contributed by atoms with Crippen LogP contribution in [0.3, 0.4) is 0 Å². The number of nitrogens with zero attached hydrogens (tertiary/aromatic N) is 2. The number of nitrogens with one attached hydrogen (secondary N) is 1. The van der Waals surface area contributed by atoms with Gasteiger partial charge in [-0.25, -0.2) is 8.78 Å². The number of benzene rings is 1. The van der Waals surface area contributed by atoms with Gasteiger partial charge in [-0.3, -0.25) is 14.6 Å². The summed E-state index contributed by atoms with van der Waals surface area (Å²) in [5.74, 6) is -2.51. The Hall–Kier alpha value is -2.83. The highest BCUT2D eigenvalue weighted by Gasteiger charge is 2.14. The average molecular weight is 347 g/mol. The van der Waals surface area contributed by atoms with Crippen LogP contribution in [0.4, 0.5) is 8.78 Å². The third kappa shape index (κ3) is 5.63. The molecule has 0 radical (unpaired) electrons. The number of rotatable bonds is 7. The molecule has 2 rings (SSSR count). The molecule has 0 unspecified atom stereocenters. The molecule has 2 amide bonds. The third-order valence-corrected chi connectivity index (χ3v) is 3.66. The predicted molar refractivity (Wildman–Crippen MR) is 88.9 cm³/mol. The fourth-order valence-electron chi connectivity index (χ4n) is 2.20. The van der Waals surface area contributed by atoms with Crippen molar-refractivity contribution in [2.75, 3.05) is 20.1 Å². The standard InChI is InChI=1S/C18H19F2N3O2/c1-23(11-8-14-4-2-3-9-21-14)17(24)7-10-22-18(25)15-6-5-13(19)12-16(15)20/h2-6,9,12H,7-8,10-11H2,1H3,(H,22,25). The zero-order valence-electron chi connectivity index (χ0n) is 13.8. The third-order valence-electron chi connectivity index (χ3n) is 3.66. The molecule has 0 fully saturated rings. The van der Waals surface area contributed by atoms with Crippen molar-refractivity contribution < 1.29 is 18.4 Å². The molecule has 7 heteroatoms. The van der Waals surface area contributed by atoms with Gasteiger partial charge in [0.15, 0.2) is 0 Å². The van der Waals surface area contributed by atoms with Crippen LogP contribution in [0.5, 0.6) is 0 Å². The van der Waals surface area contributed by atoms with Gasteiger partial charge in [0.05, 0.1) is 5.56 Å². The largest absolute Gasteiger partial charge is 0.351 e. The lowest BCUT2D eigenvalue weighted by atomic mass is 10.2. The van der Waals surface area contributed by atoms with Crippen molar-refractivity contribution in [3.8, 4) is 0 Å². The van der Waals surface area contributed by atoms with Gasteiger partial charge in [0.1, 0.15) is 11.6 Å². The molecule has 0 aliphatic heterocycles. The van der Waals surface area contributed by atoms with Gasteiger partial charge in [-0.15, -0.1) is 0 Å². The highest BCUT2D eigenvalue weighted by Crippen LogP contribution is 2.09. The number of hydrogen-bond acceptors (Lipinski definition) is 3. The molecule has 0 atom stereocenters.